The SMILES string of the molecule is CCC(C)C(N)C(=O)NC(CC(=O)O)C(=O)NC(C(=O)NC(C(=O)O)C(C)CC)C(C)CC. The molecule has 0 aromatic heterocycles. The number of carbonyl (C=O) groups is 5. The minimum atomic E-state index is -1.45. The second-order valence-electron chi connectivity index (χ2n) is 8.65. The molecule has 0 heterocycles. The summed E-state index contributed by atoms with van der Waals surface area (Å²) in [5.74, 6) is -5.66. The minimum Gasteiger partial charge on any atom is -0.481 e. The van der Waals surface area contributed by atoms with E-state index in [-0.39, 0.29) is 17.8 Å². The highest BCUT2D eigenvalue weighted by molar-refractivity contribution is 5.95. The smallest absolute Gasteiger partial charge is 0.326 e. The van der Waals surface area contributed by atoms with Crippen LogP contribution in [0.4, 0.5) is 0 Å². The maximum atomic E-state index is 12.9. The lowest BCUT2D eigenvalue weighted by atomic mass is 9.95. The maximum absolute atomic E-state index is 12.9. The number of nitrogens with two attached hydrogens (primary N) is 1. The molecule has 33 heavy (non-hydrogen) atoms. The first-order chi connectivity index (χ1) is 15.3. The molecule has 0 radical (unpaired) electrons. The molecule has 0 saturated heterocycles. The van der Waals surface area contributed by atoms with Crippen molar-refractivity contribution in [3.8, 4) is 0 Å². The summed E-state index contributed by atoms with van der Waals surface area (Å²) in [5.41, 5.74) is 5.88. The summed E-state index contributed by atoms with van der Waals surface area (Å²) in [4.78, 5) is 61.1. The number of carbonyl (C=O) groups excluding carboxylic acids is 3. The summed E-state index contributed by atoms with van der Waals surface area (Å²) in [5, 5.41) is 26.0. The number of carboxylic acids is 2. The molecule has 11 nitrogen and oxygen atoms in total. The molecule has 0 aliphatic heterocycles. The molecule has 7 N–H and O–H groups in total. The Hall–Kier alpha value is -2.69. The normalized spacial score (nSPS) is 17.4. The third-order valence-corrected chi connectivity index (χ3v) is 6.14. The van der Waals surface area contributed by atoms with E-state index in [1.807, 2.05) is 6.92 Å². The molecule has 0 aliphatic carbocycles. The van der Waals surface area contributed by atoms with Crippen LogP contribution >= 0.6 is 0 Å². The molecule has 0 fully saturated rings. The summed E-state index contributed by atoms with van der Waals surface area (Å²) in [6.07, 6.45) is 0.904. The van der Waals surface area contributed by atoms with Gasteiger partial charge in [0.05, 0.1) is 12.5 Å². The monoisotopic (exact) mass is 472 g/mol. The molecule has 0 rings (SSSR count). The van der Waals surface area contributed by atoms with Crippen LogP contribution in [0.5, 0.6) is 0 Å². The van der Waals surface area contributed by atoms with Gasteiger partial charge in [-0.05, 0) is 17.8 Å². The van der Waals surface area contributed by atoms with Gasteiger partial charge in [0.2, 0.25) is 17.7 Å². The van der Waals surface area contributed by atoms with Crippen LogP contribution in [-0.4, -0.2) is 64.0 Å². The summed E-state index contributed by atoms with van der Waals surface area (Å²) in [7, 11) is 0. The van der Waals surface area contributed by atoms with Gasteiger partial charge in [0.1, 0.15) is 18.1 Å². The minimum absolute atomic E-state index is 0.189. The molecule has 0 aliphatic rings. The van der Waals surface area contributed by atoms with Crippen molar-refractivity contribution < 1.29 is 34.2 Å². The van der Waals surface area contributed by atoms with Crippen LogP contribution in [0.1, 0.15) is 67.2 Å². The summed E-state index contributed by atoms with van der Waals surface area (Å²) >= 11 is 0. The average molecular weight is 473 g/mol. The molecule has 190 valence electrons. The van der Waals surface area contributed by atoms with Crippen molar-refractivity contribution in [2.75, 3.05) is 0 Å². The fourth-order valence-electron chi connectivity index (χ4n) is 3.05. The third-order valence-electron chi connectivity index (χ3n) is 6.14. The first-order valence-electron chi connectivity index (χ1n) is 11.4. The van der Waals surface area contributed by atoms with Gasteiger partial charge in [-0.3, -0.25) is 19.2 Å². The van der Waals surface area contributed by atoms with E-state index in [9.17, 15) is 34.2 Å². The molecule has 0 spiro atoms. The molecule has 0 aromatic carbocycles. The quantitative estimate of drug-likeness (QED) is 0.198. The number of amides is 3. The van der Waals surface area contributed by atoms with Gasteiger partial charge >= 0.3 is 11.9 Å². The van der Waals surface area contributed by atoms with Crippen molar-refractivity contribution in [1.82, 2.24) is 16.0 Å². The number of hydrogen-bond donors (Lipinski definition) is 6. The number of rotatable bonds is 15. The van der Waals surface area contributed by atoms with E-state index in [2.05, 4.69) is 16.0 Å². The van der Waals surface area contributed by atoms with Gasteiger partial charge in [-0.15, -0.1) is 0 Å². The Morgan fingerprint density at radius 3 is 1.58 bits per heavy atom. The molecule has 7 atom stereocenters. The Labute approximate surface area is 195 Å². The van der Waals surface area contributed by atoms with E-state index in [1.165, 1.54) is 0 Å². The second-order valence-corrected chi connectivity index (χ2v) is 8.65. The van der Waals surface area contributed by atoms with Gasteiger partial charge in [0, 0.05) is 0 Å². The first-order valence-corrected chi connectivity index (χ1v) is 11.4. The number of hydrogen-bond acceptors (Lipinski definition) is 6. The van der Waals surface area contributed by atoms with Crippen LogP contribution < -0.4 is 21.7 Å². The van der Waals surface area contributed by atoms with Crippen molar-refractivity contribution in [1.29, 1.82) is 0 Å². The van der Waals surface area contributed by atoms with Gasteiger partial charge < -0.3 is 31.9 Å². The zero-order valence-corrected chi connectivity index (χ0v) is 20.4. The predicted octanol–water partition coefficient (Wildman–Crippen LogP) is 0.466. The van der Waals surface area contributed by atoms with E-state index in [0.717, 1.165) is 0 Å². The van der Waals surface area contributed by atoms with Gasteiger partial charge in [-0.1, -0.05) is 60.8 Å². The Balaban J connectivity index is 5.66. The molecular weight excluding hydrogens is 432 g/mol. The van der Waals surface area contributed by atoms with Crippen LogP contribution in [0.15, 0.2) is 0 Å². The van der Waals surface area contributed by atoms with E-state index in [4.69, 9.17) is 5.73 Å². The van der Waals surface area contributed by atoms with Crippen molar-refractivity contribution in [2.24, 2.45) is 23.5 Å². The van der Waals surface area contributed by atoms with Crippen molar-refractivity contribution in [3.05, 3.63) is 0 Å². The van der Waals surface area contributed by atoms with Crippen LogP contribution in [-0.2, 0) is 24.0 Å². The van der Waals surface area contributed by atoms with Crippen LogP contribution in [0.25, 0.3) is 0 Å². The Morgan fingerprint density at radius 2 is 1.15 bits per heavy atom. The molecule has 0 aromatic rings. The fourth-order valence-corrected chi connectivity index (χ4v) is 3.05. The fraction of sp³-hybridized carbons (Fsp3) is 0.773. The molecular formula is C22H40N4O7. The highest BCUT2D eigenvalue weighted by Crippen LogP contribution is 2.13. The maximum Gasteiger partial charge on any atom is 0.326 e. The summed E-state index contributed by atoms with van der Waals surface area (Å²) in [6, 6.07) is -4.65. The number of carboxylic acid groups (broad SMARTS) is 2. The zero-order valence-electron chi connectivity index (χ0n) is 20.4. The second kappa shape index (κ2) is 14.5. The van der Waals surface area contributed by atoms with Gasteiger partial charge in [0.25, 0.3) is 0 Å². The van der Waals surface area contributed by atoms with E-state index >= 15 is 0 Å². The van der Waals surface area contributed by atoms with Crippen LogP contribution in [0.3, 0.4) is 0 Å². The van der Waals surface area contributed by atoms with E-state index < -0.39 is 60.2 Å². The molecule has 11 heteroatoms. The van der Waals surface area contributed by atoms with Crippen molar-refractivity contribution in [3.63, 3.8) is 0 Å². The Morgan fingerprint density at radius 1 is 0.697 bits per heavy atom. The summed E-state index contributed by atoms with van der Waals surface area (Å²) in [6.45, 7) is 10.6. The van der Waals surface area contributed by atoms with Gasteiger partial charge in [0.15, 0.2) is 0 Å². The predicted molar refractivity (Wildman–Crippen MR) is 122 cm³/mol. The van der Waals surface area contributed by atoms with Gasteiger partial charge in [-0.2, -0.15) is 0 Å². The van der Waals surface area contributed by atoms with Crippen molar-refractivity contribution >= 4 is 29.7 Å². The van der Waals surface area contributed by atoms with Gasteiger partial charge in [-0.25, -0.2) is 4.79 Å². The molecule has 0 saturated carbocycles. The van der Waals surface area contributed by atoms with Crippen LogP contribution in [0.2, 0.25) is 0 Å². The van der Waals surface area contributed by atoms with E-state index in [0.29, 0.717) is 19.3 Å². The lowest BCUT2D eigenvalue weighted by Crippen LogP contribution is -2.59. The molecule has 0 bridgehead atoms. The highest BCUT2D eigenvalue weighted by atomic mass is 16.4. The summed E-state index contributed by atoms with van der Waals surface area (Å²) < 4.78 is 0. The lowest BCUT2D eigenvalue weighted by Gasteiger charge is -2.29. The highest BCUT2D eigenvalue weighted by Gasteiger charge is 2.34. The number of nitrogens with one attached hydrogen (secondary N) is 3. The standard InChI is InChI=1S/C22H40N4O7/c1-7-11(4)16(23)20(30)24-14(10-15(27)28)19(29)25-17(12(5)8-2)21(31)26-18(22(32)33)13(6)9-3/h11-14,16-18H,7-10,23H2,1-6H3,(H,24,30)(H,25,29)(H,26,31)(H,27,28)(H,32,33). The first kappa shape index (κ1) is 30.3. The van der Waals surface area contributed by atoms with E-state index in [1.54, 1.807) is 34.6 Å². The topological polar surface area (TPSA) is 188 Å². The molecule has 7 unspecified atom stereocenters. The zero-order chi connectivity index (χ0) is 25.9. The van der Waals surface area contributed by atoms with Crippen LogP contribution in [0, 0.1) is 17.8 Å². The Kier molecular flexibility index (Phi) is 13.3. The third kappa shape index (κ3) is 9.77. The average Bonchev–Trinajstić information content (AvgIpc) is 2.77. The largest absolute Gasteiger partial charge is 0.481 e. The Bertz CT molecular complexity index is 700. The van der Waals surface area contributed by atoms with Crippen molar-refractivity contribution in [2.45, 2.75) is 91.4 Å². The number of aliphatic carboxylic acids is 2. The lowest BCUT2D eigenvalue weighted by molar-refractivity contribution is -0.144. The molecule has 3 amide bonds.